The van der Waals surface area contributed by atoms with E-state index < -0.39 is 0 Å². The highest BCUT2D eigenvalue weighted by Gasteiger charge is 1.74. The van der Waals surface area contributed by atoms with Crippen LogP contribution in [0.15, 0.2) is 55.6 Å². The van der Waals surface area contributed by atoms with Crippen LogP contribution < -0.4 is 0 Å². The Kier molecular flexibility index (Phi) is 6.45. The Labute approximate surface area is 72.8 Å². The summed E-state index contributed by atoms with van der Waals surface area (Å²) in [6.45, 7) is 6.72. The predicted molar refractivity (Wildman–Crippen MR) is 51.8 cm³/mol. The third-order valence-electron chi connectivity index (χ3n) is 0.900. The molecule has 0 saturated carbocycles. The van der Waals surface area contributed by atoms with Crippen molar-refractivity contribution in [3.8, 4) is 0 Å². The summed E-state index contributed by atoms with van der Waals surface area (Å²) in [5.74, 6) is 0. The fourth-order valence-electron chi connectivity index (χ4n) is 0.415. The molecule has 1 aromatic rings. The molecule has 0 aromatic heterocycles. The van der Waals surface area contributed by atoms with E-state index in [0.717, 1.165) is 5.02 Å². The Hall–Kier alpha value is -1.01. The van der Waals surface area contributed by atoms with Gasteiger partial charge in [-0.1, -0.05) is 55.1 Å². The number of hydrogen-bond donors (Lipinski definition) is 0. The maximum Gasteiger partial charge on any atom is 0.0405 e. The maximum absolute atomic E-state index is 5.54. The van der Waals surface area contributed by atoms with Gasteiger partial charge in [0.1, 0.15) is 0 Å². The minimum atomic E-state index is 0.794. The first kappa shape index (κ1) is 9.99. The van der Waals surface area contributed by atoms with E-state index in [4.69, 9.17) is 11.6 Å². The molecule has 1 heteroatoms. The van der Waals surface area contributed by atoms with E-state index in [1.54, 1.807) is 12.2 Å². The van der Waals surface area contributed by atoms with Crippen LogP contribution in [-0.2, 0) is 0 Å². The lowest BCUT2D eigenvalue weighted by molar-refractivity contribution is 1.71. The molecule has 0 bridgehead atoms. The van der Waals surface area contributed by atoms with Gasteiger partial charge < -0.3 is 0 Å². The SMILES string of the molecule is C=CC=C.Clc1ccccc1. The van der Waals surface area contributed by atoms with Gasteiger partial charge >= 0.3 is 0 Å². The van der Waals surface area contributed by atoms with Crippen LogP contribution >= 0.6 is 11.6 Å². The van der Waals surface area contributed by atoms with Crippen molar-refractivity contribution in [1.82, 2.24) is 0 Å². The zero-order valence-corrected chi connectivity index (χ0v) is 7.09. The molecule has 0 atom stereocenters. The van der Waals surface area contributed by atoms with Crippen LogP contribution in [0.1, 0.15) is 0 Å². The molecule has 1 rings (SSSR count). The summed E-state index contributed by atoms with van der Waals surface area (Å²) in [7, 11) is 0. The maximum atomic E-state index is 5.54. The van der Waals surface area contributed by atoms with Gasteiger partial charge in [0.15, 0.2) is 0 Å². The second kappa shape index (κ2) is 7.10. The van der Waals surface area contributed by atoms with Crippen LogP contribution in [0.5, 0.6) is 0 Å². The van der Waals surface area contributed by atoms with Gasteiger partial charge in [-0.25, -0.2) is 0 Å². The summed E-state index contributed by atoms with van der Waals surface area (Å²) in [5.41, 5.74) is 0. The largest absolute Gasteiger partial charge is 0.0991 e. The summed E-state index contributed by atoms with van der Waals surface area (Å²) in [6.07, 6.45) is 3.28. The molecule has 0 aliphatic rings. The van der Waals surface area contributed by atoms with Crippen LogP contribution in [0.3, 0.4) is 0 Å². The molecular weight excluding hydrogens is 156 g/mol. The summed E-state index contributed by atoms with van der Waals surface area (Å²) >= 11 is 5.54. The lowest BCUT2D eigenvalue weighted by atomic mass is 10.4. The van der Waals surface area contributed by atoms with Gasteiger partial charge in [-0.15, -0.1) is 0 Å². The fraction of sp³-hybridized carbons (Fsp3) is 0. The van der Waals surface area contributed by atoms with E-state index in [9.17, 15) is 0 Å². The van der Waals surface area contributed by atoms with E-state index in [2.05, 4.69) is 13.2 Å². The molecule has 0 aliphatic heterocycles. The normalized spacial score (nSPS) is 7.36. The minimum absolute atomic E-state index is 0.794. The fourth-order valence-corrected chi connectivity index (χ4v) is 0.560. The molecule has 0 unspecified atom stereocenters. The molecule has 0 N–H and O–H groups in total. The number of benzene rings is 1. The highest BCUT2D eigenvalue weighted by atomic mass is 35.5. The molecule has 1 aromatic carbocycles. The van der Waals surface area contributed by atoms with E-state index in [0.29, 0.717) is 0 Å². The molecular formula is C10H11Cl. The van der Waals surface area contributed by atoms with Crippen molar-refractivity contribution >= 4 is 11.6 Å². The Morgan fingerprint density at radius 2 is 1.45 bits per heavy atom. The summed E-state index contributed by atoms with van der Waals surface area (Å²) in [4.78, 5) is 0. The molecule has 0 aliphatic carbocycles. The van der Waals surface area contributed by atoms with Gasteiger partial charge in [0, 0.05) is 5.02 Å². The van der Waals surface area contributed by atoms with Crippen molar-refractivity contribution < 1.29 is 0 Å². The van der Waals surface area contributed by atoms with E-state index in [1.807, 2.05) is 30.3 Å². The van der Waals surface area contributed by atoms with Gasteiger partial charge in [0.2, 0.25) is 0 Å². The quantitative estimate of drug-likeness (QED) is 0.558. The third-order valence-corrected chi connectivity index (χ3v) is 1.15. The average Bonchev–Trinajstić information content (AvgIpc) is 2.07. The van der Waals surface area contributed by atoms with Gasteiger partial charge in [0.25, 0.3) is 0 Å². The van der Waals surface area contributed by atoms with Crippen LogP contribution in [0, 0.1) is 0 Å². The molecule has 0 heterocycles. The Morgan fingerprint density at radius 1 is 1.00 bits per heavy atom. The van der Waals surface area contributed by atoms with Crippen molar-refractivity contribution in [3.63, 3.8) is 0 Å². The minimum Gasteiger partial charge on any atom is -0.0991 e. The molecule has 0 saturated heterocycles. The lowest BCUT2D eigenvalue weighted by Crippen LogP contribution is -1.55. The number of allylic oxidation sites excluding steroid dienone is 2. The van der Waals surface area contributed by atoms with Crippen molar-refractivity contribution in [2.45, 2.75) is 0 Å². The zero-order valence-electron chi connectivity index (χ0n) is 6.33. The molecule has 0 spiro atoms. The Bertz CT molecular complexity index is 195. The van der Waals surface area contributed by atoms with Gasteiger partial charge in [0.05, 0.1) is 0 Å². The van der Waals surface area contributed by atoms with E-state index in [-0.39, 0.29) is 0 Å². The Balaban J connectivity index is 0.000000218. The highest BCUT2D eigenvalue weighted by molar-refractivity contribution is 6.30. The summed E-state index contributed by atoms with van der Waals surface area (Å²) < 4.78 is 0. The van der Waals surface area contributed by atoms with Crippen molar-refractivity contribution in [2.24, 2.45) is 0 Å². The van der Waals surface area contributed by atoms with Crippen molar-refractivity contribution in [3.05, 3.63) is 60.7 Å². The first-order valence-corrected chi connectivity index (χ1v) is 3.63. The molecule has 11 heavy (non-hydrogen) atoms. The highest BCUT2D eigenvalue weighted by Crippen LogP contribution is 2.03. The number of hydrogen-bond acceptors (Lipinski definition) is 0. The first-order chi connectivity index (χ1) is 5.31. The van der Waals surface area contributed by atoms with Crippen LogP contribution in [0.25, 0.3) is 0 Å². The second-order valence-electron chi connectivity index (χ2n) is 1.77. The number of rotatable bonds is 1. The van der Waals surface area contributed by atoms with Crippen molar-refractivity contribution in [1.29, 1.82) is 0 Å². The zero-order chi connectivity index (χ0) is 8.53. The van der Waals surface area contributed by atoms with Crippen LogP contribution in [0.2, 0.25) is 5.02 Å². The molecule has 0 fully saturated rings. The monoisotopic (exact) mass is 166 g/mol. The number of halogens is 1. The first-order valence-electron chi connectivity index (χ1n) is 3.25. The van der Waals surface area contributed by atoms with Crippen molar-refractivity contribution in [2.75, 3.05) is 0 Å². The Morgan fingerprint density at radius 3 is 1.64 bits per heavy atom. The smallest absolute Gasteiger partial charge is 0.0405 e. The van der Waals surface area contributed by atoms with Gasteiger partial charge in [-0.2, -0.15) is 0 Å². The van der Waals surface area contributed by atoms with Crippen LogP contribution in [0.4, 0.5) is 0 Å². The average molecular weight is 167 g/mol. The standard InChI is InChI=1S/C6H5Cl.C4H6/c7-6-4-2-1-3-5-6;1-3-4-2/h1-5H;3-4H,1-2H2. The summed E-state index contributed by atoms with van der Waals surface area (Å²) in [6, 6.07) is 9.44. The molecule has 0 amide bonds. The molecule has 0 radical (unpaired) electrons. The predicted octanol–water partition coefficient (Wildman–Crippen LogP) is 3.70. The van der Waals surface area contributed by atoms with Crippen LogP contribution in [-0.4, -0.2) is 0 Å². The third kappa shape index (κ3) is 6.88. The van der Waals surface area contributed by atoms with E-state index >= 15 is 0 Å². The van der Waals surface area contributed by atoms with Gasteiger partial charge in [-0.3, -0.25) is 0 Å². The van der Waals surface area contributed by atoms with Gasteiger partial charge in [-0.05, 0) is 12.1 Å². The molecule has 0 nitrogen and oxygen atoms in total. The topological polar surface area (TPSA) is 0 Å². The second-order valence-corrected chi connectivity index (χ2v) is 2.20. The summed E-state index contributed by atoms with van der Waals surface area (Å²) in [5, 5.41) is 0.794. The molecule has 58 valence electrons. The lowest BCUT2D eigenvalue weighted by Gasteiger charge is -1.80. The van der Waals surface area contributed by atoms with E-state index in [1.165, 1.54) is 0 Å².